The number of anilines is 1. The average molecular weight is 475 g/mol. The summed E-state index contributed by atoms with van der Waals surface area (Å²) in [5, 5.41) is 4.05. The third-order valence-corrected chi connectivity index (χ3v) is 5.66. The summed E-state index contributed by atoms with van der Waals surface area (Å²) >= 11 is 5.67. The molecule has 33 heavy (non-hydrogen) atoms. The van der Waals surface area contributed by atoms with E-state index in [1.807, 2.05) is 0 Å². The summed E-state index contributed by atoms with van der Waals surface area (Å²) < 4.78 is 54.8. The third kappa shape index (κ3) is 3.17. The zero-order valence-corrected chi connectivity index (χ0v) is 17.4. The first-order valence-electron chi connectivity index (χ1n) is 9.45. The highest BCUT2D eigenvalue weighted by atomic mass is 35.5. The van der Waals surface area contributed by atoms with Crippen LogP contribution in [0.3, 0.4) is 0 Å². The molecule has 6 nitrogen and oxygen atoms in total. The Morgan fingerprint density at radius 2 is 1.70 bits per heavy atom. The summed E-state index contributed by atoms with van der Waals surface area (Å²) in [6.45, 7) is 0. The van der Waals surface area contributed by atoms with Crippen molar-refractivity contribution in [3.8, 4) is 11.3 Å². The van der Waals surface area contributed by atoms with Gasteiger partial charge in [-0.15, -0.1) is 0 Å². The molecule has 0 atom stereocenters. The molecule has 5 rings (SSSR count). The maximum atomic E-state index is 13.4. The number of carbonyl (C=O) groups is 2. The van der Waals surface area contributed by atoms with E-state index in [9.17, 15) is 27.2 Å². The number of hydrogen-bond donors (Lipinski definition) is 0. The van der Waals surface area contributed by atoms with Gasteiger partial charge in [-0.25, -0.2) is 19.0 Å². The highest BCUT2D eigenvalue weighted by Crippen LogP contribution is 2.40. The van der Waals surface area contributed by atoms with Gasteiger partial charge in [-0.1, -0.05) is 11.6 Å². The van der Waals surface area contributed by atoms with Gasteiger partial charge in [0.15, 0.2) is 5.65 Å². The minimum absolute atomic E-state index is 0.0408. The number of aryl methyl sites for hydroxylation is 1. The second-order valence-electron chi connectivity index (χ2n) is 7.33. The van der Waals surface area contributed by atoms with Gasteiger partial charge in [0, 0.05) is 18.8 Å². The molecule has 0 unspecified atom stereocenters. The second kappa shape index (κ2) is 7.11. The van der Waals surface area contributed by atoms with E-state index in [4.69, 9.17) is 11.6 Å². The summed E-state index contributed by atoms with van der Waals surface area (Å²) in [6, 6.07) is 8.16. The molecule has 166 valence electrons. The first kappa shape index (κ1) is 21.1. The van der Waals surface area contributed by atoms with Gasteiger partial charge in [0.1, 0.15) is 11.5 Å². The Morgan fingerprint density at radius 1 is 1.00 bits per heavy atom. The van der Waals surface area contributed by atoms with Gasteiger partial charge in [0.2, 0.25) is 0 Å². The molecule has 11 heteroatoms. The van der Waals surface area contributed by atoms with E-state index in [0.29, 0.717) is 16.5 Å². The molecule has 2 aromatic carbocycles. The maximum absolute atomic E-state index is 13.4. The zero-order chi connectivity index (χ0) is 23.7. The molecule has 0 bridgehead atoms. The number of pyridine rings is 1. The molecule has 0 saturated heterocycles. The van der Waals surface area contributed by atoms with Crippen LogP contribution in [0.15, 0.2) is 48.7 Å². The van der Waals surface area contributed by atoms with E-state index in [2.05, 4.69) is 10.1 Å². The first-order valence-corrected chi connectivity index (χ1v) is 9.83. The minimum atomic E-state index is -4.78. The van der Waals surface area contributed by atoms with Crippen LogP contribution in [0, 0.1) is 5.82 Å². The molecule has 3 heterocycles. The van der Waals surface area contributed by atoms with Crippen molar-refractivity contribution in [2.24, 2.45) is 7.05 Å². The summed E-state index contributed by atoms with van der Waals surface area (Å²) in [5.41, 5.74) is -0.529. The number of fused-ring (bicyclic) bond motifs is 3. The van der Waals surface area contributed by atoms with Gasteiger partial charge in [0.25, 0.3) is 11.8 Å². The monoisotopic (exact) mass is 474 g/mol. The topological polar surface area (TPSA) is 68.1 Å². The lowest BCUT2D eigenvalue weighted by Crippen LogP contribution is -2.29. The zero-order valence-electron chi connectivity index (χ0n) is 16.6. The highest BCUT2D eigenvalue weighted by Gasteiger charge is 2.42. The van der Waals surface area contributed by atoms with E-state index >= 15 is 0 Å². The molecule has 0 spiro atoms. The number of carbonyl (C=O) groups excluding carboxylic acids is 2. The highest BCUT2D eigenvalue weighted by molar-refractivity contribution is 6.38. The molecule has 1 aliphatic rings. The van der Waals surface area contributed by atoms with E-state index < -0.39 is 34.4 Å². The summed E-state index contributed by atoms with van der Waals surface area (Å²) in [5.74, 6) is -2.12. The largest absolute Gasteiger partial charge is 0.417 e. The third-order valence-electron chi connectivity index (χ3n) is 5.33. The van der Waals surface area contributed by atoms with E-state index in [1.54, 1.807) is 7.05 Å². The Balaban J connectivity index is 1.71. The lowest BCUT2D eigenvalue weighted by atomic mass is 10.0. The Morgan fingerprint density at radius 3 is 2.36 bits per heavy atom. The molecule has 2 amide bonds. The van der Waals surface area contributed by atoms with Gasteiger partial charge >= 0.3 is 6.18 Å². The number of benzene rings is 2. The molecule has 2 aromatic heterocycles. The van der Waals surface area contributed by atoms with Crippen LogP contribution in [0.1, 0.15) is 26.3 Å². The Hall–Kier alpha value is -3.79. The second-order valence-corrected chi connectivity index (χ2v) is 7.74. The van der Waals surface area contributed by atoms with Crippen molar-refractivity contribution in [1.82, 2.24) is 14.8 Å². The van der Waals surface area contributed by atoms with Crippen LogP contribution in [0.2, 0.25) is 5.02 Å². The van der Waals surface area contributed by atoms with E-state index in [1.165, 1.54) is 35.1 Å². The van der Waals surface area contributed by atoms with Crippen molar-refractivity contribution < 1.29 is 27.2 Å². The number of nitrogens with zero attached hydrogens (tertiary/aromatic N) is 4. The van der Waals surface area contributed by atoms with Crippen LogP contribution in [0.4, 0.5) is 23.2 Å². The molecule has 0 N–H and O–H groups in total. The van der Waals surface area contributed by atoms with E-state index in [-0.39, 0.29) is 33.5 Å². The van der Waals surface area contributed by atoms with Crippen molar-refractivity contribution in [2.75, 3.05) is 4.90 Å². The lowest BCUT2D eigenvalue weighted by molar-refractivity contribution is -0.137. The van der Waals surface area contributed by atoms with Crippen molar-refractivity contribution in [2.45, 2.75) is 6.18 Å². The Kier molecular flexibility index (Phi) is 4.54. The van der Waals surface area contributed by atoms with Gasteiger partial charge in [-0.2, -0.15) is 18.3 Å². The van der Waals surface area contributed by atoms with Crippen LogP contribution in [-0.4, -0.2) is 26.6 Å². The molecule has 0 aliphatic carbocycles. The smallest absolute Gasteiger partial charge is 0.268 e. The predicted molar refractivity (Wildman–Crippen MR) is 111 cm³/mol. The standard InChI is InChI=1S/C22H11ClF4N4O2/c1-30-19-17(18(29-30)10-2-4-11(24)5-3-10)16-13(9-28-19)20(32)31(21(16)33)12-6-7-15(23)14(8-12)22(25,26)27/h2-9H,1H3. The number of hydrogen-bond acceptors (Lipinski definition) is 4. The van der Waals surface area contributed by atoms with Crippen LogP contribution in [-0.2, 0) is 13.2 Å². The lowest BCUT2D eigenvalue weighted by Gasteiger charge is -2.17. The van der Waals surface area contributed by atoms with Gasteiger partial charge in [0.05, 0.1) is 32.8 Å². The fourth-order valence-electron chi connectivity index (χ4n) is 3.84. The number of alkyl halides is 3. The maximum Gasteiger partial charge on any atom is 0.417 e. The Bertz CT molecular complexity index is 1480. The van der Waals surface area contributed by atoms with Crippen molar-refractivity contribution >= 4 is 40.1 Å². The molecule has 4 aromatic rings. The van der Waals surface area contributed by atoms with Gasteiger partial charge in [-0.05, 0) is 42.5 Å². The van der Waals surface area contributed by atoms with Crippen LogP contribution >= 0.6 is 11.6 Å². The number of halogens is 5. The van der Waals surface area contributed by atoms with Crippen molar-refractivity contribution in [3.63, 3.8) is 0 Å². The number of aromatic nitrogens is 3. The van der Waals surface area contributed by atoms with Crippen molar-refractivity contribution in [1.29, 1.82) is 0 Å². The summed E-state index contributed by atoms with van der Waals surface area (Å²) in [7, 11) is 1.59. The normalized spacial score (nSPS) is 13.8. The molecular formula is C22H11ClF4N4O2. The van der Waals surface area contributed by atoms with Crippen LogP contribution in [0.25, 0.3) is 22.3 Å². The number of imide groups is 1. The predicted octanol–water partition coefficient (Wildman–Crippen LogP) is 5.25. The van der Waals surface area contributed by atoms with Crippen LogP contribution < -0.4 is 4.90 Å². The Labute approximate surface area is 188 Å². The minimum Gasteiger partial charge on any atom is -0.268 e. The molecule has 0 radical (unpaired) electrons. The summed E-state index contributed by atoms with van der Waals surface area (Å²) in [6.07, 6.45) is -3.59. The fourth-order valence-corrected chi connectivity index (χ4v) is 4.07. The molecule has 0 saturated carbocycles. The number of amides is 2. The van der Waals surface area contributed by atoms with Gasteiger partial charge in [-0.3, -0.25) is 9.59 Å². The molecule has 0 fully saturated rings. The number of rotatable bonds is 2. The SMILES string of the molecule is Cn1nc(-c2ccc(F)cc2)c2c3c(cnc21)C(=O)N(c1ccc(Cl)c(C(F)(F)F)c1)C3=O. The first-order chi connectivity index (χ1) is 15.6. The quantitative estimate of drug-likeness (QED) is 0.294. The molecule has 1 aliphatic heterocycles. The van der Waals surface area contributed by atoms with Gasteiger partial charge < -0.3 is 0 Å². The van der Waals surface area contributed by atoms with Crippen LogP contribution in [0.5, 0.6) is 0 Å². The summed E-state index contributed by atoms with van der Waals surface area (Å²) in [4.78, 5) is 31.3. The fraction of sp³-hybridized carbons (Fsp3) is 0.0909. The van der Waals surface area contributed by atoms with E-state index in [0.717, 1.165) is 12.1 Å². The molecular weight excluding hydrogens is 464 g/mol. The average Bonchev–Trinajstić information content (AvgIpc) is 3.22. The van der Waals surface area contributed by atoms with Crippen molar-refractivity contribution in [3.05, 3.63) is 76.2 Å².